The monoisotopic (exact) mass is 357 g/mol. The highest BCUT2D eigenvalue weighted by molar-refractivity contribution is 5.91. The second-order valence-corrected chi connectivity index (χ2v) is 6.88. The molecule has 2 N–H and O–H groups in total. The van der Waals surface area contributed by atoms with Gasteiger partial charge in [-0.1, -0.05) is 12.1 Å². The number of para-hydroxylation sites is 2. The van der Waals surface area contributed by atoms with Gasteiger partial charge in [-0.2, -0.15) is 5.10 Å². The smallest absolute Gasteiger partial charge is 0.319 e. The molecule has 0 spiro atoms. The van der Waals surface area contributed by atoms with Crippen molar-refractivity contribution in [1.29, 1.82) is 0 Å². The van der Waals surface area contributed by atoms with Gasteiger partial charge in [-0.05, 0) is 38.9 Å². The quantitative estimate of drug-likeness (QED) is 0.863. The van der Waals surface area contributed by atoms with E-state index in [1.54, 1.807) is 10.9 Å². The fourth-order valence-corrected chi connectivity index (χ4v) is 3.06. The molecule has 2 amide bonds. The van der Waals surface area contributed by atoms with Crippen molar-refractivity contribution >= 4 is 11.7 Å². The van der Waals surface area contributed by atoms with Crippen molar-refractivity contribution in [3.8, 4) is 5.75 Å². The third-order valence-corrected chi connectivity index (χ3v) is 4.67. The van der Waals surface area contributed by atoms with Crippen LogP contribution < -0.4 is 15.4 Å². The number of nitrogens with zero attached hydrogens (tertiary/aromatic N) is 3. The number of piperidine rings is 1. The first-order valence-electron chi connectivity index (χ1n) is 9.01. The van der Waals surface area contributed by atoms with E-state index in [0.29, 0.717) is 11.4 Å². The van der Waals surface area contributed by atoms with Crippen LogP contribution in [-0.4, -0.2) is 47.0 Å². The van der Waals surface area contributed by atoms with Crippen molar-refractivity contribution < 1.29 is 9.53 Å². The molecule has 3 rings (SSSR count). The van der Waals surface area contributed by atoms with Gasteiger partial charge in [0.1, 0.15) is 11.9 Å². The lowest BCUT2D eigenvalue weighted by molar-refractivity contribution is 0.115. The highest BCUT2D eigenvalue weighted by Gasteiger charge is 2.20. The summed E-state index contributed by atoms with van der Waals surface area (Å²) in [6, 6.07) is 7.18. The molecule has 1 aromatic carbocycles. The standard InChI is InChI=1S/C19H27N5O2/c1-14(15-12-20-24(3)13-15)21-19(25)22-17-6-4-5-7-18(17)26-16-8-10-23(2)11-9-16/h4-7,12-14,16H,8-11H2,1-3H3,(H2,21,22,25)/t14-/m1/s1. The van der Waals surface area contributed by atoms with Crippen molar-refractivity contribution in [3.63, 3.8) is 0 Å². The van der Waals surface area contributed by atoms with Gasteiger partial charge in [-0.15, -0.1) is 0 Å². The van der Waals surface area contributed by atoms with E-state index in [-0.39, 0.29) is 18.2 Å². The number of rotatable bonds is 5. The number of aromatic nitrogens is 2. The maximum Gasteiger partial charge on any atom is 0.319 e. The Bertz CT molecular complexity index is 737. The summed E-state index contributed by atoms with van der Waals surface area (Å²) in [7, 11) is 3.98. The zero-order valence-electron chi connectivity index (χ0n) is 15.6. The number of hydrogen-bond donors (Lipinski definition) is 2. The van der Waals surface area contributed by atoms with Crippen LogP contribution in [0.1, 0.15) is 31.4 Å². The molecule has 2 heterocycles. The van der Waals surface area contributed by atoms with E-state index >= 15 is 0 Å². The fraction of sp³-hybridized carbons (Fsp3) is 0.474. The van der Waals surface area contributed by atoms with Gasteiger partial charge >= 0.3 is 6.03 Å². The van der Waals surface area contributed by atoms with E-state index in [2.05, 4.69) is 27.7 Å². The summed E-state index contributed by atoms with van der Waals surface area (Å²) in [5.41, 5.74) is 1.64. The SMILES string of the molecule is C[C@@H](NC(=O)Nc1ccccc1OC1CCN(C)CC1)c1cnn(C)c1. The van der Waals surface area contributed by atoms with Crippen molar-refractivity contribution in [2.24, 2.45) is 7.05 Å². The summed E-state index contributed by atoms with van der Waals surface area (Å²) in [5, 5.41) is 9.97. The molecule has 7 nitrogen and oxygen atoms in total. The Labute approximate surface area is 154 Å². The maximum absolute atomic E-state index is 12.4. The lowest BCUT2D eigenvalue weighted by Gasteiger charge is -2.29. The van der Waals surface area contributed by atoms with Crippen LogP contribution in [0.2, 0.25) is 0 Å². The molecule has 26 heavy (non-hydrogen) atoms. The van der Waals surface area contributed by atoms with E-state index in [1.165, 1.54) is 0 Å². The molecule has 0 bridgehead atoms. The Morgan fingerprint density at radius 2 is 2.00 bits per heavy atom. The van der Waals surface area contributed by atoms with Crippen LogP contribution in [0, 0.1) is 0 Å². The topological polar surface area (TPSA) is 71.4 Å². The third kappa shape index (κ3) is 4.76. The second kappa shape index (κ2) is 8.23. The van der Waals surface area contributed by atoms with Crippen molar-refractivity contribution in [2.75, 3.05) is 25.5 Å². The minimum Gasteiger partial charge on any atom is -0.488 e. The van der Waals surface area contributed by atoms with Crippen LogP contribution >= 0.6 is 0 Å². The van der Waals surface area contributed by atoms with Gasteiger partial charge in [0.25, 0.3) is 0 Å². The number of carbonyl (C=O) groups excluding carboxylic acids is 1. The number of amides is 2. The summed E-state index contributed by atoms with van der Waals surface area (Å²) in [6.45, 7) is 3.99. The molecule has 140 valence electrons. The molecule has 1 fully saturated rings. The van der Waals surface area contributed by atoms with E-state index in [4.69, 9.17) is 4.74 Å². The van der Waals surface area contributed by atoms with E-state index < -0.39 is 0 Å². The van der Waals surface area contributed by atoms with Crippen LogP contribution in [0.15, 0.2) is 36.7 Å². The first kappa shape index (κ1) is 18.3. The van der Waals surface area contributed by atoms with Crippen LogP contribution in [0.5, 0.6) is 5.75 Å². The predicted octanol–water partition coefficient (Wildman–Crippen LogP) is 2.78. The molecule has 1 saturated heterocycles. The first-order valence-corrected chi connectivity index (χ1v) is 9.01. The van der Waals surface area contributed by atoms with Crippen LogP contribution in [0.4, 0.5) is 10.5 Å². The molecule has 7 heteroatoms. The van der Waals surface area contributed by atoms with Gasteiger partial charge in [0, 0.05) is 31.9 Å². The van der Waals surface area contributed by atoms with Gasteiger partial charge in [0.15, 0.2) is 0 Å². The van der Waals surface area contributed by atoms with Crippen molar-refractivity contribution in [3.05, 3.63) is 42.2 Å². The van der Waals surface area contributed by atoms with Crippen molar-refractivity contribution in [1.82, 2.24) is 20.0 Å². The molecule has 1 atom stereocenters. The largest absolute Gasteiger partial charge is 0.488 e. The van der Waals surface area contributed by atoms with Gasteiger partial charge in [0.2, 0.25) is 0 Å². The number of benzene rings is 1. The van der Waals surface area contributed by atoms with Crippen LogP contribution in [0.3, 0.4) is 0 Å². The molecule has 1 aliphatic heterocycles. The normalized spacial score (nSPS) is 16.9. The number of ether oxygens (including phenoxy) is 1. The summed E-state index contributed by atoms with van der Waals surface area (Å²) in [4.78, 5) is 14.7. The molecule has 0 radical (unpaired) electrons. The minimum atomic E-state index is -0.263. The first-order chi connectivity index (χ1) is 12.5. The second-order valence-electron chi connectivity index (χ2n) is 6.88. The predicted molar refractivity (Wildman–Crippen MR) is 101 cm³/mol. The molecule has 2 aromatic rings. The molecule has 1 aromatic heterocycles. The van der Waals surface area contributed by atoms with Gasteiger partial charge < -0.3 is 20.3 Å². The zero-order valence-corrected chi connectivity index (χ0v) is 15.6. The Morgan fingerprint density at radius 1 is 1.27 bits per heavy atom. The lowest BCUT2D eigenvalue weighted by Crippen LogP contribution is -2.36. The number of likely N-dealkylation sites (tertiary alicyclic amines) is 1. The Balaban J connectivity index is 1.59. The molecular weight excluding hydrogens is 330 g/mol. The molecule has 1 aliphatic rings. The summed E-state index contributed by atoms with van der Waals surface area (Å²) < 4.78 is 7.86. The minimum absolute atomic E-state index is 0.134. The maximum atomic E-state index is 12.4. The molecular formula is C19H27N5O2. The van der Waals surface area contributed by atoms with Crippen LogP contribution in [-0.2, 0) is 7.05 Å². The fourth-order valence-electron chi connectivity index (χ4n) is 3.06. The number of carbonyl (C=O) groups is 1. The van der Waals surface area contributed by atoms with Crippen molar-refractivity contribution in [2.45, 2.75) is 31.9 Å². The van der Waals surface area contributed by atoms with E-state index in [1.807, 2.05) is 44.4 Å². The highest BCUT2D eigenvalue weighted by Crippen LogP contribution is 2.27. The third-order valence-electron chi connectivity index (χ3n) is 4.67. The van der Waals surface area contributed by atoms with E-state index in [0.717, 1.165) is 31.5 Å². The number of aryl methyl sites for hydroxylation is 1. The summed E-state index contributed by atoms with van der Waals surface area (Å²) in [6.07, 6.45) is 5.82. The zero-order chi connectivity index (χ0) is 18.5. The molecule has 0 saturated carbocycles. The molecule has 0 aliphatic carbocycles. The Hall–Kier alpha value is -2.54. The van der Waals surface area contributed by atoms with Gasteiger partial charge in [0.05, 0.1) is 17.9 Å². The highest BCUT2D eigenvalue weighted by atomic mass is 16.5. The number of nitrogens with one attached hydrogen (secondary N) is 2. The summed E-state index contributed by atoms with van der Waals surface area (Å²) >= 11 is 0. The number of anilines is 1. The van der Waals surface area contributed by atoms with E-state index in [9.17, 15) is 4.79 Å². The number of hydrogen-bond acceptors (Lipinski definition) is 4. The average Bonchev–Trinajstić information content (AvgIpc) is 3.05. The van der Waals surface area contributed by atoms with Gasteiger partial charge in [-0.3, -0.25) is 4.68 Å². The van der Waals surface area contributed by atoms with Gasteiger partial charge in [-0.25, -0.2) is 4.79 Å². The molecule has 0 unspecified atom stereocenters. The Kier molecular flexibility index (Phi) is 5.78. The Morgan fingerprint density at radius 3 is 2.69 bits per heavy atom. The average molecular weight is 357 g/mol. The summed E-state index contributed by atoms with van der Waals surface area (Å²) in [5.74, 6) is 0.714. The van der Waals surface area contributed by atoms with Crippen LogP contribution in [0.25, 0.3) is 0 Å². The lowest BCUT2D eigenvalue weighted by atomic mass is 10.1. The number of urea groups is 1.